The number of rotatable bonds is 0. The van der Waals surface area contributed by atoms with Gasteiger partial charge >= 0.3 is 0 Å². The number of alkyl halides is 1. The fourth-order valence-electron chi connectivity index (χ4n) is 1.58. The van der Waals surface area contributed by atoms with Crippen LogP contribution < -0.4 is 0 Å². The molecule has 0 radical (unpaired) electrons. The minimum absolute atomic E-state index is 0.367. The molecule has 0 nitrogen and oxygen atoms in total. The van der Waals surface area contributed by atoms with E-state index < -0.39 is 40.6 Å². The molecule has 15 heavy (non-hydrogen) atoms. The van der Waals surface area contributed by atoms with Crippen LogP contribution in [0.5, 0.6) is 0 Å². The van der Waals surface area contributed by atoms with Gasteiger partial charge in [-0.25, -0.2) is 22.0 Å². The highest BCUT2D eigenvalue weighted by Gasteiger charge is 2.34. The van der Waals surface area contributed by atoms with Gasteiger partial charge < -0.3 is 0 Å². The number of hydrogen-bond acceptors (Lipinski definition) is 0. The van der Waals surface area contributed by atoms with Crippen LogP contribution in [0.4, 0.5) is 22.0 Å². The summed E-state index contributed by atoms with van der Waals surface area (Å²) in [4.78, 5) is 0. The molecule has 1 unspecified atom stereocenters. The van der Waals surface area contributed by atoms with E-state index in [9.17, 15) is 22.0 Å². The average Bonchev–Trinajstić information content (AvgIpc) is 2.40. The molecule has 1 atom stereocenters. The summed E-state index contributed by atoms with van der Waals surface area (Å²) in [6, 6.07) is 0.481. The Hall–Kier alpha value is -1.39. The minimum atomic E-state index is -1.91. The first-order chi connectivity index (χ1) is 6.95. The Morgan fingerprint density at radius 1 is 1.07 bits per heavy atom. The van der Waals surface area contributed by atoms with Gasteiger partial charge in [-0.2, -0.15) is 0 Å². The van der Waals surface area contributed by atoms with E-state index in [4.69, 9.17) is 0 Å². The van der Waals surface area contributed by atoms with Crippen molar-refractivity contribution in [3.63, 3.8) is 0 Å². The van der Waals surface area contributed by atoms with Gasteiger partial charge in [0.2, 0.25) is 0 Å². The SMILES string of the molecule is CC1=C(F)c2c(cc(F)c(F)c2F)C1F. The Kier molecular flexibility index (Phi) is 2.06. The monoisotopic (exact) mass is 220 g/mol. The number of fused-ring (bicyclic) bond motifs is 1. The summed E-state index contributed by atoms with van der Waals surface area (Å²) in [5, 5.41) is 0. The van der Waals surface area contributed by atoms with Gasteiger partial charge in [-0.15, -0.1) is 0 Å². The van der Waals surface area contributed by atoms with Crippen LogP contribution in [0.1, 0.15) is 24.2 Å². The van der Waals surface area contributed by atoms with Crippen molar-refractivity contribution in [2.45, 2.75) is 13.1 Å². The van der Waals surface area contributed by atoms with E-state index in [1.54, 1.807) is 0 Å². The zero-order valence-corrected chi connectivity index (χ0v) is 7.54. The van der Waals surface area contributed by atoms with E-state index in [0.29, 0.717) is 6.07 Å². The second-order valence-electron chi connectivity index (χ2n) is 3.31. The van der Waals surface area contributed by atoms with Gasteiger partial charge in [0.15, 0.2) is 23.6 Å². The third kappa shape index (κ3) is 1.19. The molecular weight excluding hydrogens is 215 g/mol. The molecule has 1 aromatic rings. The summed E-state index contributed by atoms with van der Waals surface area (Å²) in [6.07, 6.45) is -1.91. The molecule has 0 heterocycles. The predicted molar refractivity (Wildman–Crippen MR) is 43.9 cm³/mol. The zero-order valence-electron chi connectivity index (χ0n) is 7.54. The van der Waals surface area contributed by atoms with Crippen LogP contribution in [0.25, 0.3) is 5.83 Å². The maximum atomic E-state index is 13.3. The van der Waals surface area contributed by atoms with Crippen molar-refractivity contribution in [1.29, 1.82) is 0 Å². The standard InChI is InChI=1S/C10H5F5/c1-3-7(12)4-2-5(11)9(14)10(15)6(4)8(3)13/h2,7H,1H3. The van der Waals surface area contributed by atoms with Crippen LogP contribution >= 0.6 is 0 Å². The van der Waals surface area contributed by atoms with Gasteiger partial charge in [0.05, 0.1) is 5.56 Å². The molecule has 0 saturated carbocycles. The highest BCUT2D eigenvalue weighted by Crippen LogP contribution is 2.45. The topological polar surface area (TPSA) is 0 Å². The summed E-state index contributed by atoms with van der Waals surface area (Å²) < 4.78 is 65.1. The van der Waals surface area contributed by atoms with Crippen molar-refractivity contribution >= 4 is 5.83 Å². The normalized spacial score (nSPS) is 19.7. The third-order valence-electron chi connectivity index (χ3n) is 2.41. The fraction of sp³-hybridized carbons (Fsp3) is 0.200. The quantitative estimate of drug-likeness (QED) is 0.460. The number of benzene rings is 1. The van der Waals surface area contributed by atoms with Gasteiger partial charge in [-0.3, -0.25) is 0 Å². The number of halogens is 5. The largest absolute Gasteiger partial charge is 0.237 e. The third-order valence-corrected chi connectivity index (χ3v) is 2.41. The molecule has 5 heteroatoms. The lowest BCUT2D eigenvalue weighted by molar-refractivity contribution is 0.391. The smallest absolute Gasteiger partial charge is 0.195 e. The van der Waals surface area contributed by atoms with Crippen molar-refractivity contribution in [2.75, 3.05) is 0 Å². The summed E-state index contributed by atoms with van der Waals surface area (Å²) in [5.41, 5.74) is -1.67. The molecule has 0 aromatic heterocycles. The molecule has 0 aliphatic heterocycles. The Bertz CT molecular complexity index is 475. The summed E-state index contributed by atoms with van der Waals surface area (Å²) >= 11 is 0. The first-order valence-electron chi connectivity index (χ1n) is 4.13. The minimum Gasteiger partial charge on any atom is -0.237 e. The van der Waals surface area contributed by atoms with Crippen LogP contribution in [0, 0.1) is 17.5 Å². The highest BCUT2D eigenvalue weighted by atomic mass is 19.2. The molecule has 0 N–H and O–H groups in total. The van der Waals surface area contributed by atoms with Gasteiger partial charge in [-0.1, -0.05) is 0 Å². The van der Waals surface area contributed by atoms with Crippen LogP contribution in [-0.4, -0.2) is 0 Å². The molecule has 0 fully saturated rings. The predicted octanol–water partition coefficient (Wildman–Crippen LogP) is 3.83. The Morgan fingerprint density at radius 2 is 1.67 bits per heavy atom. The van der Waals surface area contributed by atoms with Crippen LogP contribution in [0.2, 0.25) is 0 Å². The Morgan fingerprint density at radius 3 is 2.27 bits per heavy atom. The van der Waals surface area contributed by atoms with Crippen molar-refractivity contribution in [3.05, 3.63) is 40.2 Å². The lowest BCUT2D eigenvalue weighted by Gasteiger charge is -2.05. The van der Waals surface area contributed by atoms with E-state index in [0.717, 1.165) is 6.92 Å². The molecule has 0 amide bonds. The van der Waals surface area contributed by atoms with Crippen LogP contribution in [0.3, 0.4) is 0 Å². The first-order valence-corrected chi connectivity index (χ1v) is 4.13. The lowest BCUT2D eigenvalue weighted by atomic mass is 10.1. The summed E-state index contributed by atoms with van der Waals surface area (Å²) in [7, 11) is 0. The molecule has 1 aromatic carbocycles. The van der Waals surface area contributed by atoms with Gasteiger partial charge in [0.1, 0.15) is 5.83 Å². The molecule has 0 bridgehead atoms. The number of hydrogen-bond donors (Lipinski definition) is 0. The van der Waals surface area contributed by atoms with E-state index in [-0.39, 0.29) is 5.57 Å². The number of allylic oxidation sites excluding steroid dienone is 1. The fourth-order valence-corrected chi connectivity index (χ4v) is 1.58. The van der Waals surface area contributed by atoms with Crippen LogP contribution in [0.15, 0.2) is 11.6 Å². The lowest BCUT2D eigenvalue weighted by Crippen LogP contribution is -1.99. The van der Waals surface area contributed by atoms with Crippen molar-refractivity contribution in [3.8, 4) is 0 Å². The first kappa shape index (κ1) is 10.1. The summed E-state index contributed by atoms with van der Waals surface area (Å²) in [6.45, 7) is 1.11. The average molecular weight is 220 g/mol. The zero-order chi connectivity index (χ0) is 11.3. The summed E-state index contributed by atoms with van der Waals surface area (Å²) in [5.74, 6) is -6.14. The maximum absolute atomic E-state index is 13.3. The van der Waals surface area contributed by atoms with Crippen molar-refractivity contribution in [1.82, 2.24) is 0 Å². The van der Waals surface area contributed by atoms with Gasteiger partial charge in [-0.05, 0) is 13.0 Å². The Labute approximate surface area is 82.0 Å². The molecule has 1 aliphatic carbocycles. The molecular formula is C10H5F5. The second-order valence-corrected chi connectivity index (χ2v) is 3.31. The molecule has 0 spiro atoms. The van der Waals surface area contributed by atoms with E-state index in [1.807, 2.05) is 0 Å². The van der Waals surface area contributed by atoms with E-state index in [2.05, 4.69) is 0 Å². The van der Waals surface area contributed by atoms with E-state index in [1.165, 1.54) is 0 Å². The van der Waals surface area contributed by atoms with Gasteiger partial charge in [0.25, 0.3) is 0 Å². The van der Waals surface area contributed by atoms with Crippen molar-refractivity contribution in [2.24, 2.45) is 0 Å². The van der Waals surface area contributed by atoms with Crippen LogP contribution in [-0.2, 0) is 0 Å². The van der Waals surface area contributed by atoms with E-state index >= 15 is 0 Å². The van der Waals surface area contributed by atoms with Crippen molar-refractivity contribution < 1.29 is 22.0 Å². The molecule has 0 saturated heterocycles. The molecule has 80 valence electrons. The second kappa shape index (κ2) is 3.05. The molecule has 2 rings (SSSR count). The van der Waals surface area contributed by atoms with Gasteiger partial charge in [0, 0.05) is 11.1 Å². The highest BCUT2D eigenvalue weighted by molar-refractivity contribution is 5.73. The molecule has 1 aliphatic rings. The Balaban J connectivity index is 2.79. The maximum Gasteiger partial charge on any atom is 0.195 e.